The van der Waals surface area contributed by atoms with E-state index in [1.165, 1.54) is 0 Å². The number of benzene rings is 2. The summed E-state index contributed by atoms with van der Waals surface area (Å²) in [4.78, 5) is 6.34. The Morgan fingerprint density at radius 1 is 1.04 bits per heavy atom. The largest absolute Gasteiger partial charge is 0.454 e. The molecular weight excluding hydrogens is 294 g/mol. The van der Waals surface area contributed by atoms with Crippen molar-refractivity contribution in [3.63, 3.8) is 0 Å². The Morgan fingerprint density at radius 2 is 1.87 bits per heavy atom. The zero-order chi connectivity index (χ0) is 15.6. The summed E-state index contributed by atoms with van der Waals surface area (Å²) in [6.45, 7) is 0.909. The van der Waals surface area contributed by atoms with Crippen LogP contribution in [0.5, 0.6) is 11.5 Å². The predicted octanol–water partition coefficient (Wildman–Crippen LogP) is 3.10. The van der Waals surface area contributed by atoms with Gasteiger partial charge in [-0.3, -0.25) is 0 Å². The van der Waals surface area contributed by atoms with Crippen molar-refractivity contribution in [3.05, 3.63) is 54.1 Å². The Labute approximate surface area is 133 Å². The topological polar surface area (TPSA) is 60.6 Å². The van der Waals surface area contributed by atoms with Gasteiger partial charge in [-0.25, -0.2) is 0 Å². The molecule has 0 saturated carbocycles. The normalized spacial score (nSPS) is 12.4. The van der Waals surface area contributed by atoms with Crippen molar-refractivity contribution in [2.75, 3.05) is 18.7 Å². The van der Waals surface area contributed by atoms with Crippen molar-refractivity contribution in [1.82, 2.24) is 10.1 Å². The zero-order valence-electron chi connectivity index (χ0n) is 12.6. The van der Waals surface area contributed by atoms with E-state index in [4.69, 9.17) is 14.0 Å². The highest BCUT2D eigenvalue weighted by molar-refractivity contribution is 5.55. The molecule has 116 valence electrons. The maximum atomic E-state index is 5.40. The van der Waals surface area contributed by atoms with Crippen LogP contribution in [0.15, 0.2) is 53.1 Å². The van der Waals surface area contributed by atoms with Crippen molar-refractivity contribution >= 4 is 6.01 Å². The van der Waals surface area contributed by atoms with Crippen LogP contribution in [0.2, 0.25) is 0 Å². The van der Waals surface area contributed by atoms with Gasteiger partial charge in [0.15, 0.2) is 11.5 Å². The highest BCUT2D eigenvalue weighted by Gasteiger charge is 2.16. The summed E-state index contributed by atoms with van der Waals surface area (Å²) < 4.78 is 16.1. The summed E-state index contributed by atoms with van der Waals surface area (Å²) >= 11 is 0. The number of hydrogen-bond donors (Lipinski definition) is 0. The fourth-order valence-corrected chi connectivity index (χ4v) is 2.46. The maximum Gasteiger partial charge on any atom is 0.324 e. The lowest BCUT2D eigenvalue weighted by molar-refractivity contribution is 0.174. The lowest BCUT2D eigenvalue weighted by Crippen LogP contribution is -2.16. The first-order valence-electron chi connectivity index (χ1n) is 7.28. The molecule has 0 N–H and O–H groups in total. The number of nitrogens with zero attached hydrogens (tertiary/aromatic N) is 3. The molecule has 0 unspecified atom stereocenters. The molecule has 3 aromatic rings. The van der Waals surface area contributed by atoms with Crippen LogP contribution in [0.3, 0.4) is 0 Å². The van der Waals surface area contributed by atoms with Crippen LogP contribution in [0, 0.1) is 0 Å². The van der Waals surface area contributed by atoms with Crippen molar-refractivity contribution in [2.24, 2.45) is 0 Å². The van der Waals surface area contributed by atoms with Crippen molar-refractivity contribution in [3.8, 4) is 22.9 Å². The van der Waals surface area contributed by atoms with E-state index in [0.717, 1.165) is 22.6 Å². The number of ether oxygens (including phenoxy) is 2. The Bertz CT molecular complexity index is 817. The van der Waals surface area contributed by atoms with Gasteiger partial charge in [0.1, 0.15) is 0 Å². The van der Waals surface area contributed by atoms with Gasteiger partial charge in [-0.2, -0.15) is 4.98 Å². The molecule has 0 amide bonds. The van der Waals surface area contributed by atoms with Gasteiger partial charge in [0, 0.05) is 19.2 Å². The third kappa shape index (κ3) is 2.70. The number of fused-ring (bicyclic) bond motifs is 1. The average molecular weight is 309 g/mol. The zero-order valence-corrected chi connectivity index (χ0v) is 12.6. The molecule has 1 aromatic heterocycles. The lowest BCUT2D eigenvalue weighted by Gasteiger charge is -2.13. The van der Waals surface area contributed by atoms with Gasteiger partial charge in [-0.1, -0.05) is 41.6 Å². The summed E-state index contributed by atoms with van der Waals surface area (Å²) in [6.07, 6.45) is 0. The van der Waals surface area contributed by atoms with Crippen LogP contribution in [0.25, 0.3) is 11.4 Å². The van der Waals surface area contributed by atoms with Gasteiger partial charge >= 0.3 is 6.01 Å². The second kappa shape index (κ2) is 5.64. The minimum Gasteiger partial charge on any atom is -0.454 e. The number of anilines is 1. The molecule has 0 radical (unpaired) electrons. The second-order valence-electron chi connectivity index (χ2n) is 5.31. The quantitative estimate of drug-likeness (QED) is 0.738. The van der Waals surface area contributed by atoms with Crippen LogP contribution in [0.1, 0.15) is 5.56 Å². The smallest absolute Gasteiger partial charge is 0.324 e. The van der Waals surface area contributed by atoms with Gasteiger partial charge in [-0.05, 0) is 17.7 Å². The van der Waals surface area contributed by atoms with E-state index in [1.54, 1.807) is 0 Å². The molecule has 6 nitrogen and oxygen atoms in total. The van der Waals surface area contributed by atoms with Crippen LogP contribution in [-0.4, -0.2) is 24.0 Å². The van der Waals surface area contributed by atoms with Gasteiger partial charge in [0.05, 0.1) is 0 Å². The summed E-state index contributed by atoms with van der Waals surface area (Å²) in [5.74, 6) is 2.13. The third-order valence-electron chi connectivity index (χ3n) is 3.63. The monoisotopic (exact) mass is 309 g/mol. The second-order valence-corrected chi connectivity index (χ2v) is 5.31. The van der Waals surface area contributed by atoms with Gasteiger partial charge < -0.3 is 18.9 Å². The first-order valence-corrected chi connectivity index (χ1v) is 7.28. The molecule has 1 aliphatic heterocycles. The highest BCUT2D eigenvalue weighted by atomic mass is 16.7. The number of rotatable bonds is 4. The van der Waals surface area contributed by atoms with Crippen molar-refractivity contribution < 1.29 is 14.0 Å². The lowest BCUT2D eigenvalue weighted by atomic mass is 10.2. The number of aromatic nitrogens is 2. The van der Waals surface area contributed by atoms with E-state index >= 15 is 0 Å². The van der Waals surface area contributed by atoms with E-state index in [0.29, 0.717) is 18.4 Å². The van der Waals surface area contributed by atoms with Crippen molar-refractivity contribution in [2.45, 2.75) is 6.54 Å². The fourth-order valence-electron chi connectivity index (χ4n) is 2.46. The summed E-state index contributed by atoms with van der Waals surface area (Å²) in [7, 11) is 1.91. The average Bonchev–Trinajstić information content (AvgIpc) is 3.24. The van der Waals surface area contributed by atoms with E-state index in [9.17, 15) is 0 Å². The summed E-state index contributed by atoms with van der Waals surface area (Å²) in [6, 6.07) is 16.1. The Morgan fingerprint density at radius 3 is 2.74 bits per heavy atom. The molecule has 4 rings (SSSR count). The van der Waals surface area contributed by atoms with E-state index in [1.807, 2.05) is 60.5 Å². The molecule has 0 bridgehead atoms. The van der Waals surface area contributed by atoms with Gasteiger partial charge in [0.2, 0.25) is 12.6 Å². The molecule has 2 heterocycles. The molecule has 0 atom stereocenters. The minimum atomic E-state index is 0.277. The Kier molecular flexibility index (Phi) is 3.34. The predicted molar refractivity (Wildman–Crippen MR) is 84.4 cm³/mol. The first kappa shape index (κ1) is 13.6. The summed E-state index contributed by atoms with van der Waals surface area (Å²) in [5.41, 5.74) is 2.01. The van der Waals surface area contributed by atoms with E-state index in [2.05, 4.69) is 10.1 Å². The maximum absolute atomic E-state index is 5.40. The van der Waals surface area contributed by atoms with Gasteiger partial charge in [-0.15, -0.1) is 0 Å². The van der Waals surface area contributed by atoms with Gasteiger partial charge in [0.25, 0.3) is 0 Å². The molecule has 6 heteroatoms. The third-order valence-corrected chi connectivity index (χ3v) is 3.63. The van der Waals surface area contributed by atoms with Crippen LogP contribution in [-0.2, 0) is 6.54 Å². The summed E-state index contributed by atoms with van der Waals surface area (Å²) in [5, 5.41) is 4.03. The Hall–Kier alpha value is -3.02. The molecule has 0 aliphatic carbocycles. The molecule has 0 fully saturated rings. The van der Waals surface area contributed by atoms with Crippen LogP contribution >= 0.6 is 0 Å². The van der Waals surface area contributed by atoms with Crippen LogP contribution in [0.4, 0.5) is 6.01 Å². The molecule has 0 saturated heterocycles. The minimum absolute atomic E-state index is 0.277. The van der Waals surface area contributed by atoms with E-state index < -0.39 is 0 Å². The van der Waals surface area contributed by atoms with Crippen LogP contribution < -0.4 is 14.4 Å². The fraction of sp³-hybridized carbons (Fsp3) is 0.176. The number of hydrogen-bond acceptors (Lipinski definition) is 6. The molecule has 0 spiro atoms. The first-order chi connectivity index (χ1) is 11.3. The van der Waals surface area contributed by atoms with E-state index in [-0.39, 0.29) is 6.79 Å². The molecule has 1 aliphatic rings. The molecule has 2 aromatic carbocycles. The van der Waals surface area contributed by atoms with Crippen molar-refractivity contribution in [1.29, 1.82) is 0 Å². The Balaban J connectivity index is 1.51. The molecular formula is C17H15N3O3. The SMILES string of the molecule is CN(Cc1ccc2c(c1)OCO2)c1nc(-c2ccccc2)no1. The standard InChI is InChI=1S/C17H15N3O3/c1-20(10-12-7-8-14-15(9-12)22-11-21-14)17-18-16(19-23-17)13-5-3-2-4-6-13/h2-9H,10-11H2,1H3. The highest BCUT2D eigenvalue weighted by Crippen LogP contribution is 2.33. The molecule has 23 heavy (non-hydrogen) atoms.